The second-order valence-electron chi connectivity index (χ2n) is 6.82. The van der Waals surface area contributed by atoms with E-state index >= 15 is 0 Å². The van der Waals surface area contributed by atoms with Crippen LogP contribution in [0.25, 0.3) is 11.0 Å². The van der Waals surface area contributed by atoms with E-state index in [2.05, 4.69) is 10.3 Å². The van der Waals surface area contributed by atoms with Crippen LogP contribution < -0.4 is 10.1 Å². The molecule has 0 fully saturated rings. The maximum Gasteiger partial charge on any atom is 0.258 e. The number of carbonyl (C=O) groups excluding carboxylic acids is 1. The van der Waals surface area contributed by atoms with Crippen LogP contribution in [0.15, 0.2) is 66.7 Å². The van der Waals surface area contributed by atoms with Crippen molar-refractivity contribution in [2.45, 2.75) is 13.1 Å². The summed E-state index contributed by atoms with van der Waals surface area (Å²) in [7, 11) is 0. The lowest BCUT2D eigenvalue weighted by Gasteiger charge is -2.13. The van der Waals surface area contributed by atoms with Gasteiger partial charge >= 0.3 is 0 Å². The summed E-state index contributed by atoms with van der Waals surface area (Å²) in [5.41, 5.74) is 2.56. The lowest BCUT2D eigenvalue weighted by molar-refractivity contribution is -0.123. The van der Waals surface area contributed by atoms with Gasteiger partial charge in [0.25, 0.3) is 5.91 Å². The summed E-state index contributed by atoms with van der Waals surface area (Å²) >= 11 is 18.6. The van der Waals surface area contributed by atoms with E-state index in [1.807, 2.05) is 34.9 Å². The summed E-state index contributed by atoms with van der Waals surface area (Å²) in [4.78, 5) is 17.0. The molecule has 0 saturated heterocycles. The van der Waals surface area contributed by atoms with Crippen molar-refractivity contribution in [1.82, 2.24) is 14.9 Å². The second kappa shape index (κ2) is 9.60. The average Bonchev–Trinajstić information content (AvgIpc) is 3.12. The fraction of sp³-hybridized carbons (Fsp3) is 0.130. The number of rotatable bonds is 7. The van der Waals surface area contributed by atoms with Crippen LogP contribution in [0.1, 0.15) is 11.4 Å². The van der Waals surface area contributed by atoms with Crippen LogP contribution in [0.5, 0.6) is 5.75 Å². The van der Waals surface area contributed by atoms with Gasteiger partial charge in [0.15, 0.2) is 6.61 Å². The smallest absolute Gasteiger partial charge is 0.258 e. The molecular formula is C23H18Cl3N3O2. The van der Waals surface area contributed by atoms with Gasteiger partial charge in [-0.25, -0.2) is 4.98 Å². The Morgan fingerprint density at radius 3 is 2.39 bits per heavy atom. The topological polar surface area (TPSA) is 56.1 Å². The molecule has 0 bridgehead atoms. The Balaban J connectivity index is 1.50. The highest BCUT2D eigenvalue weighted by atomic mass is 35.5. The first-order valence-electron chi connectivity index (χ1n) is 9.53. The number of amides is 1. The number of ether oxygens (including phenoxy) is 1. The van der Waals surface area contributed by atoms with Crippen molar-refractivity contribution in [3.05, 3.63) is 93.2 Å². The van der Waals surface area contributed by atoms with Gasteiger partial charge < -0.3 is 14.6 Å². The maximum atomic E-state index is 12.3. The highest BCUT2D eigenvalue weighted by molar-refractivity contribution is 6.36. The summed E-state index contributed by atoms with van der Waals surface area (Å²) in [5, 5.41) is 4.62. The summed E-state index contributed by atoms with van der Waals surface area (Å²) < 4.78 is 7.50. The highest BCUT2D eigenvalue weighted by Crippen LogP contribution is 2.27. The SMILES string of the molecule is O=C(COc1ccc(Cl)cc1)NCc1nc2ccccc2n1Cc1c(Cl)cccc1Cl. The molecule has 1 aromatic heterocycles. The molecule has 8 heteroatoms. The second-order valence-corrected chi connectivity index (χ2v) is 8.07. The summed E-state index contributed by atoms with van der Waals surface area (Å²) in [6.45, 7) is 0.559. The minimum absolute atomic E-state index is 0.113. The van der Waals surface area contributed by atoms with Crippen molar-refractivity contribution in [2.24, 2.45) is 0 Å². The zero-order chi connectivity index (χ0) is 21.8. The van der Waals surface area contributed by atoms with Crippen LogP contribution in [0.2, 0.25) is 15.1 Å². The number of nitrogens with one attached hydrogen (secondary N) is 1. The van der Waals surface area contributed by atoms with Gasteiger partial charge in [-0.2, -0.15) is 0 Å². The molecule has 1 N–H and O–H groups in total. The van der Waals surface area contributed by atoms with E-state index in [0.717, 1.165) is 16.6 Å². The minimum Gasteiger partial charge on any atom is -0.484 e. The standard InChI is InChI=1S/C23H18Cl3N3O2/c24-15-8-10-16(11-9-15)31-14-23(30)27-12-22-28-20-6-1-2-7-21(20)29(22)13-17-18(25)4-3-5-19(17)26/h1-11H,12-14H2,(H,27,30). The monoisotopic (exact) mass is 473 g/mol. The van der Waals surface area contributed by atoms with Crippen LogP contribution in [0, 0.1) is 0 Å². The molecule has 0 saturated carbocycles. The van der Waals surface area contributed by atoms with E-state index in [0.29, 0.717) is 33.2 Å². The van der Waals surface area contributed by atoms with Crippen molar-refractivity contribution in [3.63, 3.8) is 0 Å². The highest BCUT2D eigenvalue weighted by Gasteiger charge is 2.15. The summed E-state index contributed by atoms with van der Waals surface area (Å²) in [6.07, 6.45) is 0. The fourth-order valence-electron chi connectivity index (χ4n) is 3.19. The molecule has 0 atom stereocenters. The number of para-hydroxylation sites is 2. The number of benzene rings is 3. The molecule has 3 aromatic carbocycles. The number of carbonyl (C=O) groups is 1. The zero-order valence-electron chi connectivity index (χ0n) is 16.3. The first-order chi connectivity index (χ1) is 15.0. The lowest BCUT2D eigenvalue weighted by Crippen LogP contribution is -2.29. The van der Waals surface area contributed by atoms with Gasteiger partial charge in [-0.3, -0.25) is 4.79 Å². The minimum atomic E-state index is -0.260. The van der Waals surface area contributed by atoms with E-state index in [1.54, 1.807) is 36.4 Å². The summed E-state index contributed by atoms with van der Waals surface area (Å²) in [6, 6.07) is 20.0. The predicted molar refractivity (Wildman–Crippen MR) is 124 cm³/mol. The van der Waals surface area contributed by atoms with Gasteiger partial charge in [0.2, 0.25) is 0 Å². The van der Waals surface area contributed by atoms with E-state index in [1.165, 1.54) is 0 Å². The number of aromatic nitrogens is 2. The Bertz CT molecular complexity index is 1200. The van der Waals surface area contributed by atoms with Crippen LogP contribution in [-0.4, -0.2) is 22.1 Å². The molecule has 0 aliphatic heterocycles. The van der Waals surface area contributed by atoms with Crippen molar-refractivity contribution < 1.29 is 9.53 Å². The van der Waals surface area contributed by atoms with Gasteiger partial charge in [0.05, 0.1) is 24.1 Å². The van der Waals surface area contributed by atoms with Crippen LogP contribution >= 0.6 is 34.8 Å². The van der Waals surface area contributed by atoms with Gasteiger partial charge in [-0.1, -0.05) is 53.0 Å². The molecule has 5 nitrogen and oxygen atoms in total. The largest absolute Gasteiger partial charge is 0.484 e. The Morgan fingerprint density at radius 2 is 1.65 bits per heavy atom. The predicted octanol–water partition coefficient (Wildman–Crippen LogP) is 5.74. The Morgan fingerprint density at radius 1 is 0.935 bits per heavy atom. The third-order valence-electron chi connectivity index (χ3n) is 4.74. The Labute approximate surface area is 194 Å². The van der Waals surface area contributed by atoms with Crippen molar-refractivity contribution in [3.8, 4) is 5.75 Å². The van der Waals surface area contributed by atoms with E-state index in [4.69, 9.17) is 39.5 Å². The molecule has 31 heavy (non-hydrogen) atoms. The number of fused-ring (bicyclic) bond motifs is 1. The normalized spacial score (nSPS) is 10.9. The molecule has 0 aliphatic rings. The first kappa shape index (κ1) is 21.5. The van der Waals surface area contributed by atoms with E-state index < -0.39 is 0 Å². The molecule has 4 rings (SSSR count). The summed E-state index contributed by atoms with van der Waals surface area (Å²) in [5.74, 6) is 1.00. The van der Waals surface area contributed by atoms with Crippen molar-refractivity contribution in [1.29, 1.82) is 0 Å². The first-order valence-corrected chi connectivity index (χ1v) is 10.7. The molecule has 0 aliphatic carbocycles. The molecule has 158 valence electrons. The lowest BCUT2D eigenvalue weighted by atomic mass is 10.2. The molecule has 4 aromatic rings. The molecule has 1 heterocycles. The van der Waals surface area contributed by atoms with Gasteiger partial charge in [-0.05, 0) is 48.5 Å². The van der Waals surface area contributed by atoms with Gasteiger partial charge in [-0.15, -0.1) is 0 Å². The number of hydrogen-bond acceptors (Lipinski definition) is 3. The fourth-order valence-corrected chi connectivity index (χ4v) is 3.83. The molecule has 1 amide bonds. The third-order valence-corrected chi connectivity index (χ3v) is 5.70. The average molecular weight is 475 g/mol. The van der Waals surface area contributed by atoms with E-state index in [9.17, 15) is 4.79 Å². The quantitative estimate of drug-likeness (QED) is 0.371. The number of hydrogen-bond donors (Lipinski definition) is 1. The zero-order valence-corrected chi connectivity index (χ0v) is 18.6. The Hall–Kier alpha value is -2.73. The van der Waals surface area contributed by atoms with Gasteiger partial charge in [0.1, 0.15) is 11.6 Å². The van der Waals surface area contributed by atoms with Crippen LogP contribution in [0.4, 0.5) is 0 Å². The van der Waals surface area contributed by atoms with Crippen molar-refractivity contribution in [2.75, 3.05) is 6.61 Å². The van der Waals surface area contributed by atoms with Crippen LogP contribution in [0.3, 0.4) is 0 Å². The van der Waals surface area contributed by atoms with E-state index in [-0.39, 0.29) is 19.1 Å². The third kappa shape index (κ3) is 5.13. The number of nitrogens with zero attached hydrogens (tertiary/aromatic N) is 2. The Kier molecular flexibility index (Phi) is 6.66. The molecule has 0 radical (unpaired) electrons. The molecule has 0 spiro atoms. The maximum absolute atomic E-state index is 12.3. The van der Waals surface area contributed by atoms with Crippen LogP contribution in [-0.2, 0) is 17.9 Å². The molecular weight excluding hydrogens is 457 g/mol. The molecule has 0 unspecified atom stereocenters. The number of imidazole rings is 1. The van der Waals surface area contributed by atoms with Gasteiger partial charge in [0, 0.05) is 20.6 Å². The number of halogens is 3. The van der Waals surface area contributed by atoms with Crippen molar-refractivity contribution >= 4 is 51.7 Å².